The average molecular weight is 327 g/mol. The number of phenolic OH excluding ortho intramolecular Hbond substituents is 1. The molecule has 126 valence electrons. The summed E-state index contributed by atoms with van der Waals surface area (Å²) in [5.41, 5.74) is 2.49. The predicted molar refractivity (Wildman–Crippen MR) is 93.1 cm³/mol. The summed E-state index contributed by atoms with van der Waals surface area (Å²) in [6.45, 7) is 6.12. The Bertz CT molecular complexity index is 734. The normalized spacial score (nSPS) is 10.8. The fourth-order valence-corrected chi connectivity index (χ4v) is 2.27. The molecule has 0 aliphatic carbocycles. The average Bonchev–Trinajstić information content (AvgIpc) is 2.51. The van der Waals surface area contributed by atoms with Crippen LogP contribution in [0.5, 0.6) is 5.75 Å². The van der Waals surface area contributed by atoms with Crippen LogP contribution in [-0.4, -0.2) is 34.2 Å². The fraction of sp³-hybridized carbons (Fsp3) is 0.278. The Morgan fingerprint density at radius 3 is 2.62 bits per heavy atom. The quantitative estimate of drug-likeness (QED) is 0.793. The monoisotopic (exact) mass is 327 g/mol. The molecule has 0 aliphatic heterocycles. The van der Waals surface area contributed by atoms with Gasteiger partial charge in [0.1, 0.15) is 11.3 Å². The van der Waals surface area contributed by atoms with Crippen LogP contribution in [-0.2, 0) is 4.74 Å². The molecule has 2 N–H and O–H groups in total. The lowest BCUT2D eigenvalue weighted by Crippen LogP contribution is -2.14. The van der Waals surface area contributed by atoms with Crippen molar-refractivity contribution in [1.82, 2.24) is 9.97 Å². The van der Waals surface area contributed by atoms with Gasteiger partial charge in [-0.05, 0) is 38.5 Å². The van der Waals surface area contributed by atoms with Gasteiger partial charge in [-0.25, -0.2) is 14.8 Å². The predicted octanol–water partition coefficient (Wildman–Crippen LogP) is 3.10. The van der Waals surface area contributed by atoms with Crippen molar-refractivity contribution in [2.24, 2.45) is 0 Å². The first-order valence-electron chi connectivity index (χ1n) is 7.73. The number of nitrogens with one attached hydrogen (secondary N) is 1. The van der Waals surface area contributed by atoms with Gasteiger partial charge in [-0.1, -0.05) is 24.3 Å². The summed E-state index contributed by atoms with van der Waals surface area (Å²) in [7, 11) is 0. The SMILES string of the molecule is CCOC(=O)c1c(C)nc(NC/C=C/c2cccc(O)c2)nc1C. The standard InChI is InChI=1S/C18H21N3O3/c1-4-24-17(23)16-12(2)20-18(21-13(16)3)19-10-6-8-14-7-5-9-15(22)11-14/h5-9,11,22H,4,10H2,1-3H3,(H,19,20,21)/b8-6+. The van der Waals surface area contributed by atoms with Crippen molar-refractivity contribution in [2.45, 2.75) is 20.8 Å². The Balaban J connectivity index is 2.02. The van der Waals surface area contributed by atoms with Crippen molar-refractivity contribution in [3.63, 3.8) is 0 Å². The van der Waals surface area contributed by atoms with Gasteiger partial charge in [0.2, 0.25) is 5.95 Å². The Hall–Kier alpha value is -2.89. The number of hydrogen-bond donors (Lipinski definition) is 2. The number of rotatable bonds is 6. The van der Waals surface area contributed by atoms with Crippen LogP contribution in [0.4, 0.5) is 5.95 Å². The molecule has 0 saturated heterocycles. The first-order chi connectivity index (χ1) is 11.5. The van der Waals surface area contributed by atoms with Crippen molar-refractivity contribution in [1.29, 1.82) is 0 Å². The number of carbonyl (C=O) groups excluding carboxylic acids is 1. The van der Waals surface area contributed by atoms with E-state index in [4.69, 9.17) is 4.74 Å². The van der Waals surface area contributed by atoms with Crippen LogP contribution in [0.1, 0.15) is 34.2 Å². The Labute approximate surface area is 141 Å². The van der Waals surface area contributed by atoms with E-state index in [9.17, 15) is 9.90 Å². The van der Waals surface area contributed by atoms with Gasteiger partial charge in [0.15, 0.2) is 0 Å². The summed E-state index contributed by atoms with van der Waals surface area (Å²) in [6.07, 6.45) is 3.79. The molecule has 0 fully saturated rings. The number of aromatic nitrogens is 2. The molecule has 0 spiro atoms. The zero-order valence-electron chi connectivity index (χ0n) is 14.0. The van der Waals surface area contributed by atoms with Crippen molar-refractivity contribution in [3.05, 3.63) is 52.9 Å². The third kappa shape index (κ3) is 4.55. The van der Waals surface area contributed by atoms with Crippen LogP contribution in [0, 0.1) is 13.8 Å². The van der Waals surface area contributed by atoms with Gasteiger partial charge >= 0.3 is 5.97 Å². The third-order valence-corrected chi connectivity index (χ3v) is 3.31. The second-order valence-corrected chi connectivity index (χ2v) is 5.19. The summed E-state index contributed by atoms with van der Waals surface area (Å²) in [4.78, 5) is 20.5. The Morgan fingerprint density at radius 1 is 1.29 bits per heavy atom. The van der Waals surface area contributed by atoms with Gasteiger partial charge in [0.25, 0.3) is 0 Å². The highest BCUT2D eigenvalue weighted by atomic mass is 16.5. The molecular weight excluding hydrogens is 306 g/mol. The van der Waals surface area contributed by atoms with Gasteiger partial charge in [0.05, 0.1) is 18.0 Å². The maximum Gasteiger partial charge on any atom is 0.341 e. The highest BCUT2D eigenvalue weighted by Crippen LogP contribution is 2.14. The third-order valence-electron chi connectivity index (χ3n) is 3.31. The number of nitrogens with zero attached hydrogens (tertiary/aromatic N) is 2. The minimum atomic E-state index is -0.400. The summed E-state index contributed by atoms with van der Waals surface area (Å²) in [5.74, 6) is 0.288. The summed E-state index contributed by atoms with van der Waals surface area (Å²) < 4.78 is 5.02. The van der Waals surface area contributed by atoms with Crippen LogP contribution in [0.2, 0.25) is 0 Å². The van der Waals surface area contributed by atoms with E-state index in [1.807, 2.05) is 18.2 Å². The van der Waals surface area contributed by atoms with Gasteiger partial charge < -0.3 is 15.2 Å². The number of ether oxygens (including phenoxy) is 1. The summed E-state index contributed by atoms with van der Waals surface area (Å²) in [6, 6.07) is 6.98. The molecule has 0 saturated carbocycles. The first kappa shape index (κ1) is 17.5. The number of hydrogen-bond acceptors (Lipinski definition) is 6. The molecule has 0 bridgehead atoms. The van der Waals surface area contributed by atoms with Gasteiger partial charge in [-0.15, -0.1) is 0 Å². The molecule has 6 nitrogen and oxygen atoms in total. The smallest absolute Gasteiger partial charge is 0.341 e. The van der Waals surface area contributed by atoms with E-state index >= 15 is 0 Å². The maximum absolute atomic E-state index is 11.9. The number of esters is 1. The topological polar surface area (TPSA) is 84.3 Å². The van der Waals surface area contributed by atoms with Crippen molar-refractivity contribution < 1.29 is 14.6 Å². The maximum atomic E-state index is 11.9. The molecule has 6 heteroatoms. The second kappa shape index (κ2) is 8.10. The number of aromatic hydroxyl groups is 1. The largest absolute Gasteiger partial charge is 0.508 e. The van der Waals surface area contributed by atoms with Crippen LogP contribution in [0.25, 0.3) is 6.08 Å². The summed E-state index contributed by atoms with van der Waals surface area (Å²) in [5, 5.41) is 12.5. The van der Waals surface area contributed by atoms with Crippen molar-refractivity contribution >= 4 is 18.0 Å². The number of benzene rings is 1. The van der Waals surface area contributed by atoms with E-state index in [2.05, 4.69) is 15.3 Å². The second-order valence-electron chi connectivity index (χ2n) is 5.19. The molecule has 24 heavy (non-hydrogen) atoms. The van der Waals surface area contributed by atoms with Gasteiger partial charge in [0, 0.05) is 6.54 Å². The lowest BCUT2D eigenvalue weighted by atomic mass is 10.2. The van der Waals surface area contributed by atoms with Gasteiger partial charge in [-0.2, -0.15) is 0 Å². The van der Waals surface area contributed by atoms with E-state index in [-0.39, 0.29) is 5.75 Å². The molecule has 1 aromatic carbocycles. The molecule has 1 heterocycles. The fourth-order valence-electron chi connectivity index (χ4n) is 2.27. The van der Waals surface area contributed by atoms with Crippen molar-refractivity contribution in [3.8, 4) is 5.75 Å². The molecule has 2 aromatic rings. The van der Waals surface area contributed by atoms with E-state index in [0.29, 0.717) is 36.1 Å². The molecular formula is C18H21N3O3. The zero-order valence-corrected chi connectivity index (χ0v) is 14.0. The molecule has 0 amide bonds. The lowest BCUT2D eigenvalue weighted by Gasteiger charge is -2.10. The van der Waals surface area contributed by atoms with Crippen LogP contribution in [0.15, 0.2) is 30.3 Å². The van der Waals surface area contributed by atoms with E-state index in [1.54, 1.807) is 39.0 Å². The van der Waals surface area contributed by atoms with Crippen LogP contribution in [0.3, 0.4) is 0 Å². The number of anilines is 1. The lowest BCUT2D eigenvalue weighted by molar-refractivity contribution is 0.0523. The highest BCUT2D eigenvalue weighted by molar-refractivity contribution is 5.91. The molecule has 0 radical (unpaired) electrons. The van der Waals surface area contributed by atoms with E-state index in [0.717, 1.165) is 5.56 Å². The Morgan fingerprint density at radius 2 is 2.00 bits per heavy atom. The van der Waals surface area contributed by atoms with Crippen molar-refractivity contribution in [2.75, 3.05) is 18.5 Å². The van der Waals surface area contributed by atoms with Crippen LogP contribution < -0.4 is 5.32 Å². The first-order valence-corrected chi connectivity index (χ1v) is 7.73. The van der Waals surface area contributed by atoms with Gasteiger partial charge in [-0.3, -0.25) is 0 Å². The molecule has 0 atom stereocenters. The van der Waals surface area contributed by atoms with E-state index < -0.39 is 5.97 Å². The van der Waals surface area contributed by atoms with Crippen LogP contribution >= 0.6 is 0 Å². The zero-order chi connectivity index (χ0) is 17.5. The molecule has 1 aromatic heterocycles. The molecule has 2 rings (SSSR count). The summed E-state index contributed by atoms with van der Waals surface area (Å²) >= 11 is 0. The minimum absolute atomic E-state index is 0.231. The number of phenols is 1. The van der Waals surface area contributed by atoms with E-state index in [1.165, 1.54) is 0 Å². The molecule has 0 unspecified atom stereocenters. The molecule has 0 aliphatic rings. The highest BCUT2D eigenvalue weighted by Gasteiger charge is 2.16. The number of aryl methyl sites for hydroxylation is 2. The number of carbonyl (C=O) groups is 1. The Kier molecular flexibility index (Phi) is 5.89. The minimum Gasteiger partial charge on any atom is -0.508 e.